The van der Waals surface area contributed by atoms with E-state index < -0.39 is 23.5 Å². The Morgan fingerprint density at radius 1 is 1.20 bits per heavy atom. The second kappa shape index (κ2) is 7.51. The number of nitrogens with one attached hydrogen (secondary N) is 1. The van der Waals surface area contributed by atoms with Crippen molar-refractivity contribution >= 4 is 51.6 Å². The average molecular weight is 449 g/mol. The molecule has 10 heteroatoms. The number of carbonyl (C=O) groups excluding carboxylic acids is 1. The molecule has 0 unspecified atom stereocenters. The normalized spacial score (nSPS) is 11.1. The zero-order valence-corrected chi connectivity index (χ0v) is 16.7. The van der Waals surface area contributed by atoms with Crippen molar-refractivity contribution in [3.63, 3.8) is 0 Å². The van der Waals surface area contributed by atoms with Crippen LogP contribution >= 0.6 is 22.9 Å². The van der Waals surface area contributed by atoms with Crippen molar-refractivity contribution in [3.8, 4) is 10.4 Å². The topological polar surface area (TPSA) is 92.4 Å². The minimum Gasteiger partial charge on any atom is -0.478 e. The Hall–Kier alpha value is -3.30. The molecule has 6 nitrogen and oxygen atoms in total. The predicted octanol–water partition coefficient (Wildman–Crippen LogP) is 5.75. The molecule has 0 saturated carbocycles. The van der Waals surface area contributed by atoms with Crippen LogP contribution in [0.15, 0.2) is 40.1 Å². The summed E-state index contributed by atoms with van der Waals surface area (Å²) >= 11 is 6.74. The van der Waals surface area contributed by atoms with E-state index in [0.29, 0.717) is 16.1 Å². The number of carboxylic acid groups (broad SMARTS) is 1. The van der Waals surface area contributed by atoms with Gasteiger partial charge in [-0.25, -0.2) is 18.6 Å². The van der Waals surface area contributed by atoms with E-state index >= 15 is 0 Å². The van der Waals surface area contributed by atoms with Gasteiger partial charge >= 0.3 is 11.9 Å². The maximum atomic E-state index is 14.4. The van der Waals surface area contributed by atoms with Crippen molar-refractivity contribution in [2.75, 3.05) is 5.32 Å². The standard InChI is InChI=1S/C20H11ClF2N2O4S/c1-8-2-4-10(16(23)15(8)22)17-14(20(27)28)12(7-30-17)24-18(26)19-25-11-6-9(21)3-5-13(11)29-19/h2-7H,1H3,(H,24,26)(H,27,28). The van der Waals surface area contributed by atoms with Crippen LogP contribution in [0.5, 0.6) is 0 Å². The van der Waals surface area contributed by atoms with E-state index in [4.69, 9.17) is 16.0 Å². The van der Waals surface area contributed by atoms with Crippen LogP contribution in [0.1, 0.15) is 26.6 Å². The van der Waals surface area contributed by atoms with Crippen molar-refractivity contribution in [1.82, 2.24) is 4.98 Å². The number of oxazole rings is 1. The van der Waals surface area contributed by atoms with E-state index in [9.17, 15) is 23.5 Å². The number of benzene rings is 2. The third kappa shape index (κ3) is 3.42. The molecule has 2 aromatic carbocycles. The van der Waals surface area contributed by atoms with Gasteiger partial charge in [-0.15, -0.1) is 11.3 Å². The quantitative estimate of drug-likeness (QED) is 0.415. The number of fused-ring (bicyclic) bond motifs is 1. The van der Waals surface area contributed by atoms with Crippen molar-refractivity contribution in [1.29, 1.82) is 0 Å². The summed E-state index contributed by atoms with van der Waals surface area (Å²) in [7, 11) is 0. The van der Waals surface area contributed by atoms with Gasteiger partial charge in [-0.3, -0.25) is 4.79 Å². The SMILES string of the molecule is Cc1ccc(-c2scc(NC(=O)c3nc4cc(Cl)ccc4o3)c2C(=O)O)c(F)c1F. The van der Waals surface area contributed by atoms with Gasteiger partial charge in [0.15, 0.2) is 17.2 Å². The van der Waals surface area contributed by atoms with Gasteiger partial charge in [-0.1, -0.05) is 23.7 Å². The van der Waals surface area contributed by atoms with Gasteiger partial charge in [0.05, 0.1) is 10.6 Å². The van der Waals surface area contributed by atoms with Crippen molar-refractivity contribution < 1.29 is 27.9 Å². The molecule has 0 saturated heterocycles. The summed E-state index contributed by atoms with van der Waals surface area (Å²) in [4.78, 5) is 28.4. The number of hydrogen-bond acceptors (Lipinski definition) is 5. The first-order valence-corrected chi connectivity index (χ1v) is 9.69. The minimum absolute atomic E-state index is 0.0291. The van der Waals surface area contributed by atoms with Crippen LogP contribution in [0.3, 0.4) is 0 Å². The van der Waals surface area contributed by atoms with Gasteiger partial charge in [-0.2, -0.15) is 0 Å². The van der Waals surface area contributed by atoms with Gasteiger partial charge in [-0.05, 0) is 30.7 Å². The van der Waals surface area contributed by atoms with E-state index in [2.05, 4.69) is 10.3 Å². The number of anilines is 1. The molecule has 2 N–H and O–H groups in total. The van der Waals surface area contributed by atoms with E-state index in [1.165, 1.54) is 30.5 Å². The van der Waals surface area contributed by atoms with Crippen LogP contribution in [0, 0.1) is 18.6 Å². The fraction of sp³-hybridized carbons (Fsp3) is 0.0500. The Bertz CT molecular complexity index is 1330. The third-order valence-electron chi connectivity index (χ3n) is 4.32. The number of thiophene rings is 1. The molecule has 0 radical (unpaired) electrons. The average Bonchev–Trinajstić information content (AvgIpc) is 3.30. The molecule has 0 fully saturated rings. The summed E-state index contributed by atoms with van der Waals surface area (Å²) in [6.45, 7) is 1.40. The minimum atomic E-state index is -1.41. The zero-order valence-electron chi connectivity index (χ0n) is 15.1. The van der Waals surface area contributed by atoms with E-state index in [1.807, 2.05) is 0 Å². The van der Waals surface area contributed by atoms with E-state index in [-0.39, 0.29) is 33.1 Å². The lowest BCUT2D eigenvalue weighted by atomic mass is 10.1. The molecule has 0 spiro atoms. The fourth-order valence-electron chi connectivity index (χ4n) is 2.86. The summed E-state index contributed by atoms with van der Waals surface area (Å²) in [5.74, 6) is -4.74. The van der Waals surface area contributed by atoms with Gasteiger partial charge in [0, 0.05) is 16.0 Å². The molecule has 2 aromatic heterocycles. The lowest BCUT2D eigenvalue weighted by Gasteiger charge is -2.07. The number of aromatic nitrogens is 1. The first kappa shape index (κ1) is 20.0. The molecular formula is C20H11ClF2N2O4S. The van der Waals surface area contributed by atoms with Gasteiger partial charge in [0.25, 0.3) is 5.89 Å². The van der Waals surface area contributed by atoms with Crippen LogP contribution in [-0.4, -0.2) is 22.0 Å². The second-order valence-corrected chi connectivity index (χ2v) is 7.62. The number of aryl methyl sites for hydroxylation is 1. The Labute approximate surface area is 176 Å². The molecule has 0 atom stereocenters. The highest BCUT2D eigenvalue weighted by Crippen LogP contribution is 2.38. The Balaban J connectivity index is 1.72. The van der Waals surface area contributed by atoms with E-state index in [1.54, 1.807) is 12.1 Å². The Morgan fingerprint density at radius 3 is 2.70 bits per heavy atom. The summed E-state index contributed by atoms with van der Waals surface area (Å²) in [6, 6.07) is 7.27. The first-order chi connectivity index (χ1) is 14.3. The highest BCUT2D eigenvalue weighted by atomic mass is 35.5. The number of carbonyl (C=O) groups is 2. The lowest BCUT2D eigenvalue weighted by Crippen LogP contribution is -2.14. The third-order valence-corrected chi connectivity index (χ3v) is 5.57. The second-order valence-electron chi connectivity index (χ2n) is 6.30. The smallest absolute Gasteiger partial charge is 0.339 e. The number of rotatable bonds is 4. The van der Waals surface area contributed by atoms with Gasteiger partial charge in [0.2, 0.25) is 0 Å². The summed E-state index contributed by atoms with van der Waals surface area (Å²) in [6.07, 6.45) is 0. The van der Waals surface area contributed by atoms with Crippen molar-refractivity contribution in [3.05, 3.63) is 69.4 Å². The molecular weight excluding hydrogens is 438 g/mol. The number of hydrogen-bond donors (Lipinski definition) is 2. The monoisotopic (exact) mass is 448 g/mol. The Kier molecular flexibility index (Phi) is 5.00. The predicted molar refractivity (Wildman–Crippen MR) is 108 cm³/mol. The number of aromatic carboxylic acids is 1. The zero-order chi connectivity index (χ0) is 21.6. The maximum Gasteiger partial charge on any atom is 0.339 e. The van der Waals surface area contributed by atoms with Gasteiger partial charge in [0.1, 0.15) is 11.1 Å². The molecule has 0 aliphatic heterocycles. The molecule has 0 aliphatic rings. The fourth-order valence-corrected chi connectivity index (χ4v) is 4.03. The molecule has 4 rings (SSSR count). The molecule has 1 amide bonds. The van der Waals surface area contributed by atoms with Crippen LogP contribution in [0.4, 0.5) is 14.5 Å². The highest BCUT2D eigenvalue weighted by Gasteiger charge is 2.26. The highest BCUT2D eigenvalue weighted by molar-refractivity contribution is 7.14. The van der Waals surface area contributed by atoms with Crippen LogP contribution in [-0.2, 0) is 0 Å². The molecule has 30 heavy (non-hydrogen) atoms. The largest absolute Gasteiger partial charge is 0.478 e. The number of carboxylic acids is 1. The summed E-state index contributed by atoms with van der Waals surface area (Å²) in [5, 5.41) is 13.8. The molecule has 0 aliphatic carbocycles. The lowest BCUT2D eigenvalue weighted by molar-refractivity contribution is 0.0699. The van der Waals surface area contributed by atoms with Crippen LogP contribution < -0.4 is 5.32 Å². The van der Waals surface area contributed by atoms with Crippen molar-refractivity contribution in [2.45, 2.75) is 6.92 Å². The first-order valence-electron chi connectivity index (χ1n) is 8.43. The summed E-state index contributed by atoms with van der Waals surface area (Å²) in [5.41, 5.74) is 0.107. The molecule has 0 bridgehead atoms. The summed E-state index contributed by atoms with van der Waals surface area (Å²) < 4.78 is 33.7. The maximum absolute atomic E-state index is 14.4. The molecule has 152 valence electrons. The van der Waals surface area contributed by atoms with Gasteiger partial charge < -0.3 is 14.8 Å². The molecule has 4 aromatic rings. The van der Waals surface area contributed by atoms with Crippen molar-refractivity contribution in [2.24, 2.45) is 0 Å². The number of halogens is 3. The van der Waals surface area contributed by atoms with Crippen LogP contribution in [0.2, 0.25) is 5.02 Å². The van der Waals surface area contributed by atoms with E-state index in [0.717, 1.165) is 11.3 Å². The molecule has 2 heterocycles. The Morgan fingerprint density at radius 2 is 1.97 bits per heavy atom. The number of amides is 1. The number of nitrogens with zero attached hydrogens (tertiary/aromatic N) is 1. The van der Waals surface area contributed by atoms with Crippen LogP contribution in [0.25, 0.3) is 21.5 Å².